The van der Waals surface area contributed by atoms with Crippen molar-refractivity contribution < 1.29 is 28.5 Å². The lowest BCUT2D eigenvalue weighted by Crippen LogP contribution is -2.05. The highest BCUT2D eigenvalue weighted by atomic mass is 16.7. The van der Waals surface area contributed by atoms with Crippen LogP contribution in [0.4, 0.5) is 0 Å². The zero-order valence-corrected chi connectivity index (χ0v) is 21.1. The molecule has 0 amide bonds. The van der Waals surface area contributed by atoms with Gasteiger partial charge in [0.1, 0.15) is 23.1 Å². The van der Waals surface area contributed by atoms with Gasteiger partial charge >= 0.3 is 5.97 Å². The standard InChI is InChI=1S/C29H28N2O6/c1-4-6-7-24-22(13-15-27(32)34-5-2)28(19-8-10-20(33-3)11-9-19)23(17-30)29(31-24)37-21-12-14-25-26(16-21)36-18-35-25/h8-16H,4-7,18H2,1-3H3. The number of fused-ring (bicyclic) bond motifs is 1. The van der Waals surface area contributed by atoms with Gasteiger partial charge < -0.3 is 23.7 Å². The second kappa shape index (κ2) is 12.0. The molecule has 0 unspecified atom stereocenters. The Morgan fingerprint density at radius 1 is 1.11 bits per heavy atom. The third-order valence-corrected chi connectivity index (χ3v) is 5.77. The number of pyridine rings is 1. The number of hydrogen-bond donors (Lipinski definition) is 0. The molecule has 4 rings (SSSR count). The molecule has 1 aromatic heterocycles. The fourth-order valence-corrected chi connectivity index (χ4v) is 3.97. The van der Waals surface area contributed by atoms with Gasteiger partial charge in [-0.2, -0.15) is 5.26 Å². The van der Waals surface area contributed by atoms with Crippen molar-refractivity contribution in [1.82, 2.24) is 4.98 Å². The molecule has 0 spiro atoms. The summed E-state index contributed by atoms with van der Waals surface area (Å²) in [5.74, 6) is 2.04. The van der Waals surface area contributed by atoms with E-state index < -0.39 is 5.97 Å². The van der Waals surface area contributed by atoms with Gasteiger partial charge in [-0.05, 0) is 55.7 Å². The lowest BCUT2D eigenvalue weighted by Gasteiger charge is -2.18. The minimum absolute atomic E-state index is 0.144. The first kappa shape index (κ1) is 25.6. The third kappa shape index (κ3) is 5.84. The molecule has 2 aromatic carbocycles. The van der Waals surface area contributed by atoms with Crippen LogP contribution in [0, 0.1) is 11.3 Å². The molecular weight excluding hydrogens is 472 g/mol. The van der Waals surface area contributed by atoms with Gasteiger partial charge in [-0.15, -0.1) is 0 Å². The van der Waals surface area contributed by atoms with Crippen LogP contribution in [0.5, 0.6) is 28.9 Å². The zero-order chi connectivity index (χ0) is 26.2. The van der Waals surface area contributed by atoms with Crippen molar-refractivity contribution in [3.05, 3.63) is 65.4 Å². The van der Waals surface area contributed by atoms with E-state index in [-0.39, 0.29) is 24.8 Å². The first-order chi connectivity index (χ1) is 18.1. The van der Waals surface area contributed by atoms with E-state index in [0.717, 1.165) is 18.4 Å². The maximum atomic E-state index is 12.2. The highest BCUT2D eigenvalue weighted by Gasteiger charge is 2.23. The van der Waals surface area contributed by atoms with Crippen LogP contribution < -0.4 is 18.9 Å². The van der Waals surface area contributed by atoms with E-state index in [0.29, 0.717) is 46.2 Å². The molecule has 0 fully saturated rings. The second-order valence-electron chi connectivity index (χ2n) is 8.17. The van der Waals surface area contributed by atoms with Crippen molar-refractivity contribution in [2.24, 2.45) is 0 Å². The van der Waals surface area contributed by atoms with Gasteiger partial charge in [-0.3, -0.25) is 0 Å². The molecule has 1 aliphatic heterocycles. The summed E-state index contributed by atoms with van der Waals surface area (Å²) in [7, 11) is 1.59. The first-order valence-corrected chi connectivity index (χ1v) is 12.1. The Bertz CT molecular complexity index is 1340. The van der Waals surface area contributed by atoms with Crippen LogP contribution in [0.3, 0.4) is 0 Å². The predicted molar refractivity (Wildman–Crippen MR) is 138 cm³/mol. The number of rotatable bonds is 10. The molecule has 8 nitrogen and oxygen atoms in total. The SMILES string of the molecule is CCCCc1nc(Oc2ccc3c(c2)OCO3)c(C#N)c(-c2ccc(OC)cc2)c1C=CC(=O)OCC. The molecule has 0 bridgehead atoms. The molecule has 37 heavy (non-hydrogen) atoms. The van der Waals surface area contributed by atoms with E-state index >= 15 is 0 Å². The van der Waals surface area contributed by atoms with E-state index in [9.17, 15) is 10.1 Å². The fourth-order valence-electron chi connectivity index (χ4n) is 3.97. The summed E-state index contributed by atoms with van der Waals surface area (Å²) in [6.07, 6.45) is 5.47. The van der Waals surface area contributed by atoms with Gasteiger partial charge in [-0.1, -0.05) is 25.5 Å². The molecule has 0 N–H and O–H groups in total. The summed E-state index contributed by atoms with van der Waals surface area (Å²) in [4.78, 5) is 16.9. The van der Waals surface area contributed by atoms with Gasteiger partial charge in [0, 0.05) is 23.3 Å². The number of hydrogen-bond acceptors (Lipinski definition) is 8. The molecule has 0 saturated heterocycles. The fraction of sp³-hybridized carbons (Fsp3) is 0.276. The summed E-state index contributed by atoms with van der Waals surface area (Å²) < 4.78 is 27.4. The smallest absolute Gasteiger partial charge is 0.330 e. The molecular formula is C29H28N2O6. The summed E-state index contributed by atoms with van der Waals surface area (Å²) >= 11 is 0. The third-order valence-electron chi connectivity index (χ3n) is 5.77. The van der Waals surface area contributed by atoms with Crippen LogP contribution in [-0.2, 0) is 16.0 Å². The summed E-state index contributed by atoms with van der Waals surface area (Å²) in [5, 5.41) is 10.3. The van der Waals surface area contributed by atoms with Gasteiger partial charge in [0.15, 0.2) is 11.5 Å². The maximum Gasteiger partial charge on any atom is 0.330 e. The van der Waals surface area contributed by atoms with E-state index in [1.54, 1.807) is 38.3 Å². The molecule has 3 aromatic rings. The van der Waals surface area contributed by atoms with E-state index in [1.807, 2.05) is 24.3 Å². The highest BCUT2D eigenvalue weighted by molar-refractivity contribution is 5.91. The number of nitriles is 1. The topological polar surface area (TPSA) is 99.9 Å². The molecule has 190 valence electrons. The van der Waals surface area contributed by atoms with Crippen LogP contribution in [0.25, 0.3) is 17.2 Å². The number of aryl methyl sites for hydroxylation is 1. The zero-order valence-electron chi connectivity index (χ0n) is 21.1. The summed E-state index contributed by atoms with van der Waals surface area (Å²) in [6.45, 7) is 4.25. The molecule has 0 atom stereocenters. The van der Waals surface area contributed by atoms with Crippen molar-refractivity contribution in [1.29, 1.82) is 5.26 Å². The lowest BCUT2D eigenvalue weighted by molar-refractivity contribution is -0.137. The number of benzene rings is 2. The van der Waals surface area contributed by atoms with Gasteiger partial charge in [0.25, 0.3) is 0 Å². The van der Waals surface area contributed by atoms with Crippen molar-refractivity contribution in [3.8, 4) is 46.1 Å². The lowest BCUT2D eigenvalue weighted by atomic mass is 9.92. The number of aromatic nitrogens is 1. The Hall–Kier alpha value is -4.51. The second-order valence-corrected chi connectivity index (χ2v) is 8.17. The molecule has 2 heterocycles. The maximum absolute atomic E-state index is 12.2. The van der Waals surface area contributed by atoms with Crippen molar-refractivity contribution in [2.75, 3.05) is 20.5 Å². The first-order valence-electron chi connectivity index (χ1n) is 12.1. The largest absolute Gasteiger partial charge is 0.497 e. The van der Waals surface area contributed by atoms with E-state index in [2.05, 4.69) is 13.0 Å². The number of esters is 1. The minimum Gasteiger partial charge on any atom is -0.497 e. The Morgan fingerprint density at radius 2 is 1.86 bits per heavy atom. The average molecular weight is 501 g/mol. The Balaban J connectivity index is 1.90. The quantitative estimate of drug-likeness (QED) is 0.244. The van der Waals surface area contributed by atoms with Gasteiger partial charge in [0.05, 0.1) is 19.4 Å². The van der Waals surface area contributed by atoms with E-state index in [1.165, 1.54) is 6.08 Å². The number of carbonyl (C=O) groups excluding carboxylic acids is 1. The molecule has 0 radical (unpaired) electrons. The van der Waals surface area contributed by atoms with E-state index in [4.69, 9.17) is 28.7 Å². The van der Waals surface area contributed by atoms with Gasteiger partial charge in [-0.25, -0.2) is 9.78 Å². The number of ether oxygens (including phenoxy) is 5. The van der Waals surface area contributed by atoms with Crippen LogP contribution in [0.1, 0.15) is 43.5 Å². The van der Waals surface area contributed by atoms with Crippen LogP contribution >= 0.6 is 0 Å². The molecule has 8 heteroatoms. The number of methoxy groups -OCH3 is 1. The minimum atomic E-state index is -0.469. The highest BCUT2D eigenvalue weighted by Crippen LogP contribution is 2.40. The number of nitrogens with zero attached hydrogens (tertiary/aromatic N) is 2. The van der Waals surface area contributed by atoms with Crippen LogP contribution in [0.15, 0.2) is 48.5 Å². The van der Waals surface area contributed by atoms with Crippen molar-refractivity contribution >= 4 is 12.0 Å². The number of unbranched alkanes of at least 4 members (excludes halogenated alkanes) is 1. The van der Waals surface area contributed by atoms with Crippen LogP contribution in [-0.4, -0.2) is 31.5 Å². The van der Waals surface area contributed by atoms with Gasteiger partial charge in [0.2, 0.25) is 12.7 Å². The number of carbonyl (C=O) groups is 1. The van der Waals surface area contributed by atoms with Crippen molar-refractivity contribution in [2.45, 2.75) is 33.1 Å². The van der Waals surface area contributed by atoms with Crippen LogP contribution in [0.2, 0.25) is 0 Å². The Morgan fingerprint density at radius 3 is 2.57 bits per heavy atom. The molecule has 1 aliphatic rings. The predicted octanol–water partition coefficient (Wildman–Crippen LogP) is 6.07. The Kier molecular flexibility index (Phi) is 8.26. The monoisotopic (exact) mass is 500 g/mol. The van der Waals surface area contributed by atoms with Crippen molar-refractivity contribution in [3.63, 3.8) is 0 Å². The molecule has 0 aliphatic carbocycles. The Labute approximate surface area is 216 Å². The molecule has 0 saturated carbocycles. The summed E-state index contributed by atoms with van der Waals surface area (Å²) in [6, 6.07) is 14.8. The average Bonchev–Trinajstić information content (AvgIpc) is 3.39. The normalized spacial score (nSPS) is 11.8. The summed E-state index contributed by atoms with van der Waals surface area (Å²) in [5.41, 5.74) is 3.00.